The van der Waals surface area contributed by atoms with Gasteiger partial charge in [-0.15, -0.1) is 0 Å². The molecule has 6 nitrogen and oxygen atoms in total. The highest BCUT2D eigenvalue weighted by atomic mass is 16.6. The molecule has 0 bridgehead atoms. The summed E-state index contributed by atoms with van der Waals surface area (Å²) >= 11 is 0. The molecule has 3 N–H and O–H groups in total. The molecule has 0 aliphatic carbocycles. The molecule has 6 heteroatoms. The number of non-ortho nitro benzene ring substituents is 1. The molecule has 2 rings (SSSR count). The van der Waals surface area contributed by atoms with Gasteiger partial charge in [0.15, 0.2) is 6.20 Å². The van der Waals surface area contributed by atoms with Gasteiger partial charge < -0.3 is 10.2 Å². The van der Waals surface area contributed by atoms with Crippen LogP contribution < -0.4 is 15.2 Å². The number of anilines is 1. The lowest BCUT2D eigenvalue weighted by Gasteiger charge is -2.18. The van der Waals surface area contributed by atoms with Gasteiger partial charge in [-0.3, -0.25) is 10.1 Å². The zero-order valence-electron chi connectivity index (χ0n) is 14.8. The fourth-order valence-electron chi connectivity index (χ4n) is 3.02. The minimum Gasteiger partial charge on any atom is -0.382 e. The maximum Gasteiger partial charge on any atom is 0.270 e. The molecule has 24 heavy (non-hydrogen) atoms. The maximum atomic E-state index is 11.0. The first-order valence-electron chi connectivity index (χ1n) is 8.74. The molecular weight excluding hydrogens is 304 g/mol. The Kier molecular flexibility index (Phi) is 6.49. The molecule has 1 aromatic heterocycles. The zero-order chi connectivity index (χ0) is 17.5. The van der Waals surface area contributed by atoms with Gasteiger partial charge in [0.1, 0.15) is 0 Å². The Bertz CT molecular complexity index is 686. The van der Waals surface area contributed by atoms with Crippen molar-refractivity contribution in [1.82, 2.24) is 0 Å². The summed E-state index contributed by atoms with van der Waals surface area (Å²) in [7, 11) is 0. The number of H-pyrrole nitrogens is 1. The number of nitro groups is 1. The lowest BCUT2D eigenvalue weighted by molar-refractivity contribution is -0.896. The van der Waals surface area contributed by atoms with Gasteiger partial charge >= 0.3 is 0 Å². The van der Waals surface area contributed by atoms with Crippen LogP contribution in [0.25, 0.3) is 10.9 Å². The van der Waals surface area contributed by atoms with Crippen molar-refractivity contribution in [3.63, 3.8) is 0 Å². The number of aromatic nitrogens is 1. The molecule has 0 amide bonds. The highest BCUT2D eigenvalue weighted by molar-refractivity contribution is 5.90. The number of nitrogens with zero attached hydrogens (tertiary/aromatic N) is 1. The Labute approximate surface area is 143 Å². The van der Waals surface area contributed by atoms with Crippen molar-refractivity contribution in [3.05, 3.63) is 40.6 Å². The van der Waals surface area contributed by atoms with Gasteiger partial charge in [0.25, 0.3) is 5.69 Å². The van der Waals surface area contributed by atoms with Gasteiger partial charge in [-0.1, -0.05) is 0 Å². The lowest BCUT2D eigenvalue weighted by atomic mass is 10.1. The summed E-state index contributed by atoms with van der Waals surface area (Å²) in [6.07, 6.45) is 4.12. The molecular formula is C18H28N4O2+2. The van der Waals surface area contributed by atoms with Crippen molar-refractivity contribution in [2.24, 2.45) is 0 Å². The lowest BCUT2D eigenvalue weighted by Crippen LogP contribution is -3.11. The third kappa shape index (κ3) is 4.64. The average Bonchev–Trinajstić information content (AvgIpc) is 2.58. The summed E-state index contributed by atoms with van der Waals surface area (Å²) in [5.74, 6) is 0. The van der Waals surface area contributed by atoms with E-state index in [0.29, 0.717) is 6.04 Å². The second-order valence-corrected chi connectivity index (χ2v) is 6.27. The predicted molar refractivity (Wildman–Crippen MR) is 96.4 cm³/mol. The van der Waals surface area contributed by atoms with Crippen LogP contribution in [0.2, 0.25) is 0 Å². The number of benzene rings is 1. The van der Waals surface area contributed by atoms with Crippen molar-refractivity contribution in [2.75, 3.05) is 25.0 Å². The van der Waals surface area contributed by atoms with Crippen LogP contribution in [0.4, 0.5) is 11.4 Å². The number of hydrogen-bond donors (Lipinski definition) is 2. The number of pyridine rings is 1. The minimum atomic E-state index is -0.355. The second-order valence-electron chi connectivity index (χ2n) is 6.27. The van der Waals surface area contributed by atoms with E-state index < -0.39 is 0 Å². The Morgan fingerprint density at radius 2 is 2.04 bits per heavy atom. The van der Waals surface area contributed by atoms with E-state index in [1.54, 1.807) is 17.0 Å². The summed E-state index contributed by atoms with van der Waals surface area (Å²) < 4.78 is 0. The topological polar surface area (TPSA) is 73.8 Å². The van der Waals surface area contributed by atoms with Gasteiger partial charge in [-0.2, -0.15) is 0 Å². The predicted octanol–water partition coefficient (Wildman–Crippen LogP) is 2.07. The number of hydrogen-bond acceptors (Lipinski definition) is 3. The van der Waals surface area contributed by atoms with Crippen LogP contribution in [-0.2, 0) is 0 Å². The quantitative estimate of drug-likeness (QED) is 0.545. The van der Waals surface area contributed by atoms with E-state index in [9.17, 15) is 10.1 Å². The number of rotatable bonds is 9. The molecule has 2 aromatic rings. The highest BCUT2D eigenvalue weighted by Crippen LogP contribution is 2.25. The fraction of sp³-hybridized carbons (Fsp3) is 0.500. The van der Waals surface area contributed by atoms with E-state index in [0.717, 1.165) is 23.0 Å². The van der Waals surface area contributed by atoms with Crippen LogP contribution in [0.1, 0.15) is 33.6 Å². The van der Waals surface area contributed by atoms with Gasteiger partial charge in [-0.05, 0) is 33.6 Å². The number of quaternary nitrogens is 1. The maximum absolute atomic E-state index is 11.0. The summed E-state index contributed by atoms with van der Waals surface area (Å²) in [6, 6.07) is 7.18. The number of aromatic amines is 1. The van der Waals surface area contributed by atoms with E-state index in [2.05, 4.69) is 31.1 Å². The van der Waals surface area contributed by atoms with E-state index in [-0.39, 0.29) is 10.6 Å². The van der Waals surface area contributed by atoms with Crippen LogP contribution >= 0.6 is 0 Å². The first-order valence-corrected chi connectivity index (χ1v) is 8.74. The van der Waals surface area contributed by atoms with Gasteiger partial charge in [-0.25, -0.2) is 4.98 Å². The SMILES string of the molecule is CC[NH+](CC)CCC[C@@H](C)Nc1cc[nH+]c2ccc([N+](=O)[O-])cc12. The molecule has 0 unspecified atom stereocenters. The van der Waals surface area contributed by atoms with E-state index in [4.69, 9.17) is 0 Å². The van der Waals surface area contributed by atoms with Crippen LogP contribution in [0.15, 0.2) is 30.5 Å². The third-order valence-electron chi connectivity index (χ3n) is 4.56. The molecule has 130 valence electrons. The van der Waals surface area contributed by atoms with Crippen molar-refractivity contribution in [2.45, 2.75) is 39.7 Å². The van der Waals surface area contributed by atoms with Gasteiger partial charge in [0, 0.05) is 30.3 Å². The molecule has 1 heterocycles. The molecule has 0 radical (unpaired) electrons. The van der Waals surface area contributed by atoms with Crippen LogP contribution in [0, 0.1) is 10.1 Å². The third-order valence-corrected chi connectivity index (χ3v) is 4.56. The molecule has 0 aliphatic rings. The second kappa shape index (κ2) is 8.59. The molecule has 1 atom stereocenters. The highest BCUT2D eigenvalue weighted by Gasteiger charge is 2.14. The summed E-state index contributed by atoms with van der Waals surface area (Å²) in [5, 5.41) is 15.4. The number of fused-ring (bicyclic) bond motifs is 1. The van der Waals surface area contributed by atoms with Crippen molar-refractivity contribution < 1.29 is 14.8 Å². The van der Waals surface area contributed by atoms with Crippen LogP contribution in [0.3, 0.4) is 0 Å². The number of nitro benzene ring substituents is 1. The van der Waals surface area contributed by atoms with Gasteiger partial charge in [0.2, 0.25) is 5.52 Å². The van der Waals surface area contributed by atoms with E-state index in [1.807, 2.05) is 12.3 Å². The normalized spacial score (nSPS) is 12.5. The van der Waals surface area contributed by atoms with Gasteiger partial charge in [0.05, 0.1) is 35.6 Å². The fourth-order valence-corrected chi connectivity index (χ4v) is 3.02. The monoisotopic (exact) mass is 332 g/mol. The molecule has 0 saturated carbocycles. The molecule has 0 fully saturated rings. The molecule has 0 aliphatic heterocycles. The van der Waals surface area contributed by atoms with Crippen LogP contribution in [0.5, 0.6) is 0 Å². The van der Waals surface area contributed by atoms with Crippen molar-refractivity contribution in [3.8, 4) is 0 Å². The van der Waals surface area contributed by atoms with Crippen molar-refractivity contribution in [1.29, 1.82) is 0 Å². The summed E-state index contributed by atoms with van der Waals surface area (Å²) in [6.45, 7) is 10.1. The van der Waals surface area contributed by atoms with Crippen LogP contribution in [-0.4, -0.2) is 30.6 Å². The number of nitrogens with one attached hydrogen (secondary N) is 3. The summed E-state index contributed by atoms with van der Waals surface area (Å²) in [4.78, 5) is 15.4. The summed E-state index contributed by atoms with van der Waals surface area (Å²) in [5.41, 5.74) is 1.95. The molecule has 0 spiro atoms. The zero-order valence-corrected chi connectivity index (χ0v) is 14.8. The first kappa shape index (κ1) is 18.1. The largest absolute Gasteiger partial charge is 0.382 e. The Balaban J connectivity index is 2.05. The Morgan fingerprint density at radius 1 is 1.29 bits per heavy atom. The first-order chi connectivity index (χ1) is 11.5. The average molecular weight is 332 g/mol. The molecule has 0 saturated heterocycles. The van der Waals surface area contributed by atoms with E-state index >= 15 is 0 Å². The smallest absolute Gasteiger partial charge is 0.270 e. The van der Waals surface area contributed by atoms with E-state index in [1.165, 1.54) is 32.1 Å². The Morgan fingerprint density at radius 3 is 2.71 bits per heavy atom. The van der Waals surface area contributed by atoms with Crippen molar-refractivity contribution >= 4 is 22.3 Å². The standard InChI is InChI=1S/C18H26N4O2/c1-4-21(5-2)12-6-7-14(3)20-18-10-11-19-17-9-8-15(22(23)24)13-16(17)18/h8-11,13-14H,4-7,12H2,1-3H3,(H,19,20)/p+2/t14-/m1/s1. The Hall–Kier alpha value is -2.21. The molecule has 1 aromatic carbocycles. The minimum absolute atomic E-state index is 0.114.